The Morgan fingerprint density at radius 3 is 2.95 bits per heavy atom. The van der Waals surface area contributed by atoms with Gasteiger partial charge in [-0.15, -0.1) is 0 Å². The molecule has 0 radical (unpaired) electrons. The molecule has 2 heterocycles. The van der Waals surface area contributed by atoms with E-state index < -0.39 is 0 Å². The molecule has 2 aliphatic rings. The number of urea groups is 1. The van der Waals surface area contributed by atoms with Crippen LogP contribution in [0, 0.1) is 0 Å². The minimum Gasteiger partial charge on any atom is -0.341 e. The van der Waals surface area contributed by atoms with Gasteiger partial charge in [-0.2, -0.15) is 0 Å². The number of hydrogen-bond donors (Lipinski definition) is 3. The Morgan fingerprint density at radius 1 is 1.40 bits per heavy atom. The maximum absolute atomic E-state index is 11.9. The second-order valence-corrected chi connectivity index (χ2v) is 5.81. The lowest BCUT2D eigenvalue weighted by Gasteiger charge is -2.14. The number of rotatable bonds is 3. The molecule has 4 N–H and O–H groups in total. The molecule has 4 rings (SSSR count). The highest BCUT2D eigenvalue weighted by Crippen LogP contribution is 2.39. The van der Waals surface area contributed by atoms with E-state index in [2.05, 4.69) is 15.3 Å². The summed E-state index contributed by atoms with van der Waals surface area (Å²) in [7, 11) is 0. The molecule has 2 amide bonds. The van der Waals surface area contributed by atoms with E-state index in [0.29, 0.717) is 13.1 Å². The Labute approximate surface area is 116 Å². The third-order valence-electron chi connectivity index (χ3n) is 4.17. The molecule has 20 heavy (non-hydrogen) atoms. The standard InChI is InChI=1S/C14H17N5O/c15-6-12-16-10-2-1-9(5-11(10)17-12)7-19-8-14(3-4-14)18-13(19)20/h1-2,5H,3-4,6-8,15H2,(H,16,17)(H,18,20). The van der Waals surface area contributed by atoms with Crippen LogP contribution in [0.1, 0.15) is 24.2 Å². The van der Waals surface area contributed by atoms with E-state index in [9.17, 15) is 4.79 Å². The van der Waals surface area contributed by atoms with Crippen molar-refractivity contribution in [2.24, 2.45) is 5.73 Å². The molecule has 1 saturated carbocycles. The molecule has 2 fully saturated rings. The SMILES string of the molecule is NCc1nc2ccc(CN3CC4(CC4)NC3=O)cc2[nH]1. The fourth-order valence-electron chi connectivity index (χ4n) is 2.87. The van der Waals surface area contributed by atoms with Crippen molar-refractivity contribution in [3.8, 4) is 0 Å². The van der Waals surface area contributed by atoms with Gasteiger partial charge in [0.2, 0.25) is 0 Å². The Morgan fingerprint density at radius 2 is 2.25 bits per heavy atom. The van der Waals surface area contributed by atoms with Crippen LogP contribution >= 0.6 is 0 Å². The van der Waals surface area contributed by atoms with E-state index in [4.69, 9.17) is 5.73 Å². The van der Waals surface area contributed by atoms with Gasteiger partial charge in [0.15, 0.2) is 0 Å². The van der Waals surface area contributed by atoms with Crippen molar-refractivity contribution >= 4 is 17.1 Å². The van der Waals surface area contributed by atoms with Gasteiger partial charge in [-0.05, 0) is 30.5 Å². The minimum atomic E-state index is 0.0508. The van der Waals surface area contributed by atoms with Gasteiger partial charge in [-0.25, -0.2) is 9.78 Å². The fraction of sp³-hybridized carbons (Fsp3) is 0.429. The van der Waals surface area contributed by atoms with Crippen LogP contribution in [0.2, 0.25) is 0 Å². The van der Waals surface area contributed by atoms with Crippen molar-refractivity contribution in [3.63, 3.8) is 0 Å². The first-order chi connectivity index (χ1) is 9.67. The number of aromatic amines is 1. The average molecular weight is 271 g/mol. The summed E-state index contributed by atoms with van der Waals surface area (Å²) in [5.41, 5.74) is 8.67. The van der Waals surface area contributed by atoms with Crippen LogP contribution < -0.4 is 11.1 Å². The van der Waals surface area contributed by atoms with Gasteiger partial charge in [0.25, 0.3) is 0 Å². The summed E-state index contributed by atoms with van der Waals surface area (Å²) in [6.45, 7) is 1.86. The maximum Gasteiger partial charge on any atom is 0.318 e. The van der Waals surface area contributed by atoms with E-state index >= 15 is 0 Å². The van der Waals surface area contributed by atoms with Crippen LogP contribution in [0.3, 0.4) is 0 Å². The number of nitrogens with zero attached hydrogens (tertiary/aromatic N) is 2. The average Bonchev–Trinajstić information content (AvgIpc) is 2.94. The lowest BCUT2D eigenvalue weighted by molar-refractivity contribution is 0.215. The third kappa shape index (κ3) is 1.84. The van der Waals surface area contributed by atoms with E-state index in [1.165, 1.54) is 0 Å². The summed E-state index contributed by atoms with van der Waals surface area (Å²) in [6, 6.07) is 6.09. The number of amides is 2. The van der Waals surface area contributed by atoms with Crippen LogP contribution in [-0.4, -0.2) is 33.0 Å². The van der Waals surface area contributed by atoms with Crippen LogP contribution in [0.15, 0.2) is 18.2 Å². The van der Waals surface area contributed by atoms with Crippen molar-refractivity contribution in [1.29, 1.82) is 0 Å². The first-order valence-electron chi connectivity index (χ1n) is 6.92. The Kier molecular flexibility index (Phi) is 2.32. The van der Waals surface area contributed by atoms with E-state index in [0.717, 1.165) is 41.8 Å². The molecule has 2 aromatic rings. The number of carbonyl (C=O) groups is 1. The zero-order valence-corrected chi connectivity index (χ0v) is 11.1. The van der Waals surface area contributed by atoms with Crippen molar-refractivity contribution in [2.75, 3.05) is 6.54 Å². The lowest BCUT2D eigenvalue weighted by Crippen LogP contribution is -2.29. The molecule has 1 aliphatic carbocycles. The summed E-state index contributed by atoms with van der Waals surface area (Å²) >= 11 is 0. The van der Waals surface area contributed by atoms with E-state index in [-0.39, 0.29) is 11.6 Å². The number of H-pyrrole nitrogens is 1. The zero-order valence-electron chi connectivity index (χ0n) is 11.1. The minimum absolute atomic E-state index is 0.0508. The molecule has 1 aliphatic heterocycles. The smallest absolute Gasteiger partial charge is 0.318 e. The molecule has 1 aromatic carbocycles. The Hall–Kier alpha value is -2.08. The normalized spacial score (nSPS) is 19.9. The molecule has 1 spiro atoms. The largest absolute Gasteiger partial charge is 0.341 e. The first kappa shape index (κ1) is 11.7. The number of fused-ring (bicyclic) bond motifs is 1. The number of aromatic nitrogens is 2. The molecule has 1 aromatic heterocycles. The second kappa shape index (κ2) is 3.96. The molecule has 104 valence electrons. The summed E-state index contributed by atoms with van der Waals surface area (Å²) < 4.78 is 0. The van der Waals surface area contributed by atoms with Gasteiger partial charge >= 0.3 is 6.03 Å². The molecule has 0 bridgehead atoms. The molecular formula is C14H17N5O. The van der Waals surface area contributed by atoms with Gasteiger partial charge < -0.3 is 20.9 Å². The van der Waals surface area contributed by atoms with Crippen molar-refractivity contribution in [1.82, 2.24) is 20.2 Å². The van der Waals surface area contributed by atoms with E-state index in [1.807, 2.05) is 23.1 Å². The van der Waals surface area contributed by atoms with E-state index in [1.54, 1.807) is 0 Å². The summed E-state index contributed by atoms with van der Waals surface area (Å²) in [5.74, 6) is 0.785. The first-order valence-corrected chi connectivity index (χ1v) is 6.92. The predicted octanol–water partition coefficient (Wildman–Crippen LogP) is 1.08. The lowest BCUT2D eigenvalue weighted by atomic mass is 10.2. The molecule has 6 heteroatoms. The quantitative estimate of drug-likeness (QED) is 0.780. The van der Waals surface area contributed by atoms with Gasteiger partial charge in [0.1, 0.15) is 5.82 Å². The van der Waals surface area contributed by atoms with Crippen LogP contribution in [0.25, 0.3) is 11.0 Å². The molecule has 6 nitrogen and oxygen atoms in total. The molecule has 0 unspecified atom stereocenters. The maximum atomic E-state index is 11.9. The third-order valence-corrected chi connectivity index (χ3v) is 4.17. The number of nitrogens with two attached hydrogens (primary N) is 1. The van der Waals surface area contributed by atoms with Gasteiger partial charge in [-0.1, -0.05) is 6.07 Å². The highest BCUT2D eigenvalue weighted by molar-refractivity contribution is 5.79. The van der Waals surface area contributed by atoms with Crippen molar-refractivity contribution in [3.05, 3.63) is 29.6 Å². The number of benzene rings is 1. The van der Waals surface area contributed by atoms with Gasteiger partial charge in [0.05, 0.1) is 23.1 Å². The number of carbonyl (C=O) groups excluding carboxylic acids is 1. The van der Waals surface area contributed by atoms with Crippen LogP contribution in [-0.2, 0) is 13.1 Å². The summed E-state index contributed by atoms with van der Waals surface area (Å²) in [5, 5.41) is 3.08. The fourth-order valence-corrected chi connectivity index (χ4v) is 2.87. The summed E-state index contributed by atoms with van der Waals surface area (Å²) in [4.78, 5) is 21.4. The van der Waals surface area contributed by atoms with Gasteiger partial charge in [0, 0.05) is 13.1 Å². The predicted molar refractivity (Wildman–Crippen MR) is 74.9 cm³/mol. The van der Waals surface area contributed by atoms with Crippen molar-refractivity contribution in [2.45, 2.75) is 31.5 Å². The van der Waals surface area contributed by atoms with Gasteiger partial charge in [-0.3, -0.25) is 0 Å². The second-order valence-electron chi connectivity index (χ2n) is 5.81. The van der Waals surface area contributed by atoms with Crippen molar-refractivity contribution < 1.29 is 4.79 Å². The molecule has 0 atom stereocenters. The monoisotopic (exact) mass is 271 g/mol. The topological polar surface area (TPSA) is 87.0 Å². The zero-order chi connectivity index (χ0) is 13.7. The highest BCUT2D eigenvalue weighted by Gasteiger charge is 2.51. The summed E-state index contributed by atoms with van der Waals surface area (Å²) in [6.07, 6.45) is 2.21. The molecule has 1 saturated heterocycles. The Bertz CT molecular complexity index is 688. The Balaban J connectivity index is 1.57. The number of nitrogens with one attached hydrogen (secondary N) is 2. The molecular weight excluding hydrogens is 254 g/mol. The highest BCUT2D eigenvalue weighted by atomic mass is 16.2. The van der Waals surface area contributed by atoms with Crippen LogP contribution in [0.5, 0.6) is 0 Å². The number of hydrogen-bond acceptors (Lipinski definition) is 3. The number of imidazole rings is 1. The van der Waals surface area contributed by atoms with Crippen LogP contribution in [0.4, 0.5) is 4.79 Å².